The minimum Gasteiger partial charge on any atom is -0.337 e. The van der Waals surface area contributed by atoms with Gasteiger partial charge in [0.15, 0.2) is 5.82 Å². The lowest BCUT2D eigenvalue weighted by atomic mass is 9.94. The van der Waals surface area contributed by atoms with Crippen LogP contribution in [0.1, 0.15) is 64.6 Å². The Kier molecular flexibility index (Phi) is 5.61. The molecule has 0 radical (unpaired) electrons. The molecule has 1 aromatic heterocycles. The summed E-state index contributed by atoms with van der Waals surface area (Å²) in [5.74, 6) is 1.12. The largest absolute Gasteiger partial charge is 0.337 e. The Morgan fingerprint density at radius 2 is 1.84 bits per heavy atom. The highest BCUT2D eigenvalue weighted by Gasteiger charge is 2.27. The maximum Gasteiger partial charge on any atom is 0.317 e. The molecule has 1 saturated heterocycles. The highest BCUT2D eigenvalue weighted by molar-refractivity contribution is 5.74. The van der Waals surface area contributed by atoms with Gasteiger partial charge in [-0.2, -0.15) is 4.98 Å². The second kappa shape index (κ2) is 7.72. The summed E-state index contributed by atoms with van der Waals surface area (Å²) in [6.45, 7) is 9.92. The molecular formula is C18H31N5O2. The molecule has 2 amide bonds. The molecule has 2 aliphatic rings. The van der Waals surface area contributed by atoms with Crippen molar-refractivity contribution in [3.8, 4) is 0 Å². The average molecular weight is 349 g/mol. The minimum absolute atomic E-state index is 0.0428. The Bertz CT molecular complexity index is 566. The molecule has 1 aromatic rings. The zero-order valence-corrected chi connectivity index (χ0v) is 15.8. The molecule has 2 fully saturated rings. The van der Waals surface area contributed by atoms with Gasteiger partial charge >= 0.3 is 6.03 Å². The van der Waals surface area contributed by atoms with Crippen molar-refractivity contribution >= 4 is 6.03 Å². The van der Waals surface area contributed by atoms with Crippen molar-refractivity contribution in [1.82, 2.24) is 25.3 Å². The first kappa shape index (κ1) is 18.2. The van der Waals surface area contributed by atoms with E-state index in [1.54, 1.807) is 0 Å². The van der Waals surface area contributed by atoms with Crippen LogP contribution in [-0.2, 0) is 12.0 Å². The van der Waals surface area contributed by atoms with E-state index in [1.165, 1.54) is 32.1 Å². The van der Waals surface area contributed by atoms with Gasteiger partial charge in [0.25, 0.3) is 0 Å². The lowest BCUT2D eigenvalue weighted by Crippen LogP contribution is -2.54. The van der Waals surface area contributed by atoms with E-state index in [0.29, 0.717) is 11.7 Å². The number of amides is 2. The maximum absolute atomic E-state index is 12.4. The van der Waals surface area contributed by atoms with Gasteiger partial charge in [0, 0.05) is 37.6 Å². The van der Waals surface area contributed by atoms with Crippen LogP contribution in [-0.4, -0.2) is 58.2 Å². The third kappa shape index (κ3) is 4.71. The van der Waals surface area contributed by atoms with Crippen LogP contribution in [0.15, 0.2) is 4.52 Å². The number of urea groups is 1. The smallest absolute Gasteiger partial charge is 0.317 e. The fourth-order valence-corrected chi connectivity index (χ4v) is 3.63. The topological polar surface area (TPSA) is 74.5 Å². The van der Waals surface area contributed by atoms with E-state index in [4.69, 9.17) is 4.52 Å². The Labute approximate surface area is 150 Å². The zero-order valence-electron chi connectivity index (χ0n) is 15.8. The molecule has 140 valence electrons. The second-order valence-corrected chi connectivity index (χ2v) is 8.24. The number of nitrogens with one attached hydrogen (secondary N) is 1. The quantitative estimate of drug-likeness (QED) is 0.908. The first-order valence-corrected chi connectivity index (χ1v) is 9.53. The molecule has 1 aliphatic heterocycles. The highest BCUT2D eigenvalue weighted by atomic mass is 16.5. The Hall–Kier alpha value is -1.63. The van der Waals surface area contributed by atoms with Crippen LogP contribution >= 0.6 is 0 Å². The lowest BCUT2D eigenvalue weighted by molar-refractivity contribution is 0.0902. The van der Waals surface area contributed by atoms with Gasteiger partial charge in [-0.15, -0.1) is 0 Å². The number of hydrogen-bond donors (Lipinski definition) is 1. The molecule has 0 atom stereocenters. The minimum atomic E-state index is -0.152. The van der Waals surface area contributed by atoms with Crippen molar-refractivity contribution in [3.05, 3.63) is 11.7 Å². The van der Waals surface area contributed by atoms with E-state index in [-0.39, 0.29) is 18.0 Å². The average Bonchev–Trinajstić information content (AvgIpc) is 3.10. The maximum atomic E-state index is 12.4. The Morgan fingerprint density at radius 3 is 2.44 bits per heavy atom. The fraction of sp³-hybridized carbons (Fsp3) is 0.833. The van der Waals surface area contributed by atoms with Crippen molar-refractivity contribution < 1.29 is 9.32 Å². The number of aromatic nitrogens is 2. The first-order valence-electron chi connectivity index (χ1n) is 9.53. The molecule has 7 nitrogen and oxygen atoms in total. The molecule has 3 rings (SSSR count). The van der Waals surface area contributed by atoms with Gasteiger partial charge in [-0.25, -0.2) is 4.79 Å². The third-order valence-electron chi connectivity index (χ3n) is 5.22. The molecule has 0 aromatic carbocycles. The van der Waals surface area contributed by atoms with Crippen LogP contribution in [0.3, 0.4) is 0 Å². The summed E-state index contributed by atoms with van der Waals surface area (Å²) in [6, 6.07) is 0.687. The summed E-state index contributed by atoms with van der Waals surface area (Å²) < 4.78 is 5.22. The van der Waals surface area contributed by atoms with E-state index in [9.17, 15) is 4.79 Å². The van der Waals surface area contributed by atoms with E-state index in [1.807, 2.05) is 25.7 Å². The molecule has 0 spiro atoms. The predicted octanol–water partition coefficient (Wildman–Crippen LogP) is 2.53. The standard InChI is InChI=1S/C18H31N5O2/c1-18(2,3)16-20-15(25-21-16)13-19-17(24)23-11-9-22(10-12-23)14-7-5-4-6-8-14/h14H,4-13H2,1-3H3,(H,19,24). The third-order valence-corrected chi connectivity index (χ3v) is 5.22. The van der Waals surface area contributed by atoms with Crippen molar-refractivity contribution in [2.24, 2.45) is 0 Å². The Morgan fingerprint density at radius 1 is 1.16 bits per heavy atom. The molecule has 0 unspecified atom stereocenters. The number of rotatable bonds is 3. The van der Waals surface area contributed by atoms with Gasteiger partial charge in [0.1, 0.15) is 0 Å². The van der Waals surface area contributed by atoms with Crippen molar-refractivity contribution in [3.63, 3.8) is 0 Å². The highest BCUT2D eigenvalue weighted by Crippen LogP contribution is 2.23. The summed E-state index contributed by atoms with van der Waals surface area (Å²) in [6.07, 6.45) is 6.72. The van der Waals surface area contributed by atoms with Crippen LogP contribution in [0.25, 0.3) is 0 Å². The van der Waals surface area contributed by atoms with Gasteiger partial charge in [-0.05, 0) is 12.8 Å². The van der Waals surface area contributed by atoms with Crippen LogP contribution in [0.4, 0.5) is 4.79 Å². The van der Waals surface area contributed by atoms with Crippen LogP contribution in [0.2, 0.25) is 0 Å². The number of carbonyl (C=O) groups excluding carboxylic acids is 1. The number of piperazine rings is 1. The summed E-state index contributed by atoms with van der Waals surface area (Å²) in [7, 11) is 0. The van der Waals surface area contributed by atoms with Crippen LogP contribution < -0.4 is 5.32 Å². The lowest BCUT2D eigenvalue weighted by Gasteiger charge is -2.40. The molecule has 7 heteroatoms. The summed E-state index contributed by atoms with van der Waals surface area (Å²) in [5, 5.41) is 6.88. The van der Waals surface area contributed by atoms with E-state index in [2.05, 4.69) is 20.4 Å². The van der Waals surface area contributed by atoms with E-state index >= 15 is 0 Å². The molecule has 1 aliphatic carbocycles. The fourth-order valence-electron chi connectivity index (χ4n) is 3.63. The molecular weight excluding hydrogens is 318 g/mol. The first-order chi connectivity index (χ1) is 11.9. The normalized spacial score (nSPS) is 20.7. The molecule has 0 bridgehead atoms. The predicted molar refractivity (Wildman–Crippen MR) is 95.3 cm³/mol. The molecule has 25 heavy (non-hydrogen) atoms. The number of hydrogen-bond acceptors (Lipinski definition) is 5. The van der Waals surface area contributed by atoms with Gasteiger partial charge in [-0.3, -0.25) is 4.90 Å². The molecule has 1 N–H and O–H groups in total. The van der Waals surface area contributed by atoms with E-state index in [0.717, 1.165) is 32.2 Å². The van der Waals surface area contributed by atoms with Crippen LogP contribution in [0.5, 0.6) is 0 Å². The van der Waals surface area contributed by atoms with Crippen molar-refractivity contribution in [2.45, 2.75) is 70.9 Å². The van der Waals surface area contributed by atoms with Gasteiger partial charge in [-0.1, -0.05) is 45.2 Å². The number of carbonyl (C=O) groups is 1. The Balaban J connectivity index is 1.42. The number of nitrogens with zero attached hydrogens (tertiary/aromatic N) is 4. The van der Waals surface area contributed by atoms with E-state index < -0.39 is 0 Å². The summed E-state index contributed by atoms with van der Waals surface area (Å²) in [5.41, 5.74) is -0.152. The van der Waals surface area contributed by atoms with Crippen molar-refractivity contribution in [2.75, 3.05) is 26.2 Å². The molecule has 1 saturated carbocycles. The van der Waals surface area contributed by atoms with Gasteiger partial charge in [0.2, 0.25) is 5.89 Å². The monoisotopic (exact) mass is 349 g/mol. The molecule has 2 heterocycles. The zero-order chi connectivity index (χ0) is 17.9. The summed E-state index contributed by atoms with van der Waals surface area (Å²) in [4.78, 5) is 21.2. The SMILES string of the molecule is CC(C)(C)c1noc(CNC(=O)N2CCN(C3CCCCC3)CC2)n1. The van der Waals surface area contributed by atoms with Gasteiger partial charge in [0.05, 0.1) is 6.54 Å². The van der Waals surface area contributed by atoms with Crippen LogP contribution in [0, 0.1) is 0 Å². The summed E-state index contributed by atoms with van der Waals surface area (Å²) >= 11 is 0. The second-order valence-electron chi connectivity index (χ2n) is 8.24. The van der Waals surface area contributed by atoms with Crippen molar-refractivity contribution in [1.29, 1.82) is 0 Å². The van der Waals surface area contributed by atoms with Gasteiger partial charge < -0.3 is 14.7 Å².